The summed E-state index contributed by atoms with van der Waals surface area (Å²) in [5.41, 5.74) is 0. The van der Waals surface area contributed by atoms with Crippen LogP contribution in [0.5, 0.6) is 0 Å². The quantitative estimate of drug-likeness (QED) is 0.444. The van der Waals surface area contributed by atoms with Crippen LogP contribution in [0.1, 0.15) is 87.9 Å². The smallest absolute Gasteiger partial charge is 0.220 e. The molecule has 0 bridgehead atoms. The molecule has 0 fully saturated rings. The Bertz CT molecular complexity index is 205. The molecule has 144 valence electrons. The SMILES string of the molecule is CC.CC.CCCCCCCC(=O)NCCOCCOCCC.[HH]. The molecule has 0 aromatic rings. The fourth-order valence-electron chi connectivity index (χ4n) is 1.71. The Morgan fingerprint density at radius 2 is 1.35 bits per heavy atom. The lowest BCUT2D eigenvalue weighted by molar-refractivity contribution is -0.121. The summed E-state index contributed by atoms with van der Waals surface area (Å²) in [5, 5.41) is 2.87. The van der Waals surface area contributed by atoms with Gasteiger partial charge in [0.1, 0.15) is 0 Å². The van der Waals surface area contributed by atoms with Crippen LogP contribution in [0.3, 0.4) is 0 Å². The second kappa shape index (κ2) is 29.4. The van der Waals surface area contributed by atoms with E-state index in [0.717, 1.165) is 25.9 Å². The largest absolute Gasteiger partial charge is 0.379 e. The number of carbonyl (C=O) groups is 1. The number of hydrogen-bond donors (Lipinski definition) is 1. The van der Waals surface area contributed by atoms with Gasteiger partial charge in [-0.05, 0) is 12.8 Å². The minimum Gasteiger partial charge on any atom is -0.379 e. The number of ether oxygens (including phenoxy) is 2. The second-order valence-electron chi connectivity index (χ2n) is 4.74. The molecule has 0 aromatic carbocycles. The van der Waals surface area contributed by atoms with Gasteiger partial charge in [0, 0.05) is 21.0 Å². The number of hydrogen-bond acceptors (Lipinski definition) is 3. The third-order valence-corrected chi connectivity index (χ3v) is 2.80. The number of unbranched alkanes of at least 4 members (excludes halogenated alkanes) is 4. The molecule has 0 aliphatic rings. The molecule has 0 saturated carbocycles. The molecule has 23 heavy (non-hydrogen) atoms. The van der Waals surface area contributed by atoms with Gasteiger partial charge in [0.2, 0.25) is 5.91 Å². The van der Waals surface area contributed by atoms with Crippen LogP contribution in [0.15, 0.2) is 0 Å². The molecule has 0 unspecified atom stereocenters. The molecule has 0 spiro atoms. The summed E-state index contributed by atoms with van der Waals surface area (Å²) in [6.07, 6.45) is 7.59. The van der Waals surface area contributed by atoms with E-state index in [0.29, 0.717) is 32.8 Å². The van der Waals surface area contributed by atoms with Crippen molar-refractivity contribution in [3.05, 3.63) is 0 Å². The third-order valence-electron chi connectivity index (χ3n) is 2.80. The maximum absolute atomic E-state index is 11.5. The normalized spacial score (nSPS) is 9.30. The molecule has 4 heteroatoms. The van der Waals surface area contributed by atoms with E-state index in [-0.39, 0.29) is 7.33 Å². The minimum absolute atomic E-state index is 0. The van der Waals surface area contributed by atoms with Crippen LogP contribution in [0, 0.1) is 0 Å². The number of nitrogens with one attached hydrogen (secondary N) is 1. The summed E-state index contributed by atoms with van der Waals surface area (Å²) in [6, 6.07) is 0. The zero-order valence-electron chi connectivity index (χ0n) is 16.7. The van der Waals surface area contributed by atoms with Gasteiger partial charge in [0.15, 0.2) is 0 Å². The van der Waals surface area contributed by atoms with Gasteiger partial charge in [0.05, 0.1) is 19.8 Å². The maximum Gasteiger partial charge on any atom is 0.220 e. The van der Waals surface area contributed by atoms with Gasteiger partial charge in [-0.25, -0.2) is 0 Å². The van der Waals surface area contributed by atoms with Crippen LogP contribution in [0.4, 0.5) is 0 Å². The fraction of sp³-hybridized carbons (Fsp3) is 0.947. The van der Waals surface area contributed by atoms with Crippen molar-refractivity contribution in [1.82, 2.24) is 5.32 Å². The molecular formula is C19H45NO3. The third kappa shape index (κ3) is 29.9. The van der Waals surface area contributed by atoms with E-state index in [1.807, 2.05) is 27.7 Å². The maximum atomic E-state index is 11.5. The first kappa shape index (κ1) is 27.2. The van der Waals surface area contributed by atoms with E-state index in [1.165, 1.54) is 19.3 Å². The summed E-state index contributed by atoms with van der Waals surface area (Å²) in [6.45, 7) is 15.5. The highest BCUT2D eigenvalue weighted by Gasteiger charge is 2.00. The molecule has 0 aromatic heterocycles. The van der Waals surface area contributed by atoms with Gasteiger partial charge in [-0.3, -0.25) is 4.79 Å². The lowest BCUT2D eigenvalue weighted by Gasteiger charge is -2.07. The number of rotatable bonds is 14. The first-order valence-corrected chi connectivity index (χ1v) is 9.73. The minimum atomic E-state index is 0. The summed E-state index contributed by atoms with van der Waals surface area (Å²) < 4.78 is 10.6. The van der Waals surface area contributed by atoms with Crippen molar-refractivity contribution < 1.29 is 15.7 Å². The highest BCUT2D eigenvalue weighted by Crippen LogP contribution is 2.04. The van der Waals surface area contributed by atoms with E-state index in [9.17, 15) is 4.79 Å². The Morgan fingerprint density at radius 3 is 1.91 bits per heavy atom. The molecule has 0 saturated heterocycles. The molecule has 0 aliphatic carbocycles. The Labute approximate surface area is 147 Å². The molecule has 1 N–H and O–H groups in total. The lowest BCUT2D eigenvalue weighted by Crippen LogP contribution is -2.27. The molecule has 0 heterocycles. The summed E-state index contributed by atoms with van der Waals surface area (Å²) in [5.74, 6) is 0.141. The van der Waals surface area contributed by atoms with E-state index < -0.39 is 0 Å². The summed E-state index contributed by atoms with van der Waals surface area (Å²) >= 11 is 0. The highest BCUT2D eigenvalue weighted by molar-refractivity contribution is 5.75. The van der Waals surface area contributed by atoms with Gasteiger partial charge in [-0.15, -0.1) is 0 Å². The standard InChI is InChI=1S/C15H31NO3.2C2H6.H2/c1-3-5-6-7-8-9-15(17)16-10-12-19-14-13-18-11-4-2;2*1-2;/h3-14H2,1-2H3,(H,16,17);2*1-2H3;1H. The van der Waals surface area contributed by atoms with Crippen molar-refractivity contribution in [1.29, 1.82) is 0 Å². The van der Waals surface area contributed by atoms with Crippen molar-refractivity contribution in [2.75, 3.05) is 33.0 Å². The highest BCUT2D eigenvalue weighted by atomic mass is 16.5. The van der Waals surface area contributed by atoms with Crippen LogP contribution in [0.2, 0.25) is 0 Å². The van der Waals surface area contributed by atoms with Crippen molar-refractivity contribution in [2.45, 2.75) is 86.5 Å². The number of amides is 1. The Morgan fingerprint density at radius 1 is 0.783 bits per heavy atom. The van der Waals surface area contributed by atoms with Gasteiger partial charge in [0.25, 0.3) is 0 Å². The van der Waals surface area contributed by atoms with Gasteiger partial charge in [-0.1, -0.05) is 67.2 Å². The van der Waals surface area contributed by atoms with Crippen molar-refractivity contribution in [2.24, 2.45) is 0 Å². The van der Waals surface area contributed by atoms with E-state index in [1.54, 1.807) is 0 Å². The second-order valence-corrected chi connectivity index (χ2v) is 4.74. The first-order valence-electron chi connectivity index (χ1n) is 9.73. The number of carbonyl (C=O) groups excluding carboxylic acids is 1. The molecule has 0 rings (SSSR count). The molecule has 0 radical (unpaired) electrons. The molecule has 1 amide bonds. The van der Waals surface area contributed by atoms with E-state index in [2.05, 4.69) is 19.2 Å². The van der Waals surface area contributed by atoms with Crippen LogP contribution < -0.4 is 5.32 Å². The van der Waals surface area contributed by atoms with Crippen molar-refractivity contribution in [3.8, 4) is 0 Å². The summed E-state index contributed by atoms with van der Waals surface area (Å²) in [7, 11) is 0. The average Bonchev–Trinajstić information content (AvgIpc) is 2.60. The van der Waals surface area contributed by atoms with E-state index in [4.69, 9.17) is 9.47 Å². The van der Waals surface area contributed by atoms with Gasteiger partial charge >= 0.3 is 0 Å². The predicted octanol–water partition coefficient (Wildman–Crippen LogP) is 5.20. The monoisotopic (exact) mass is 335 g/mol. The van der Waals surface area contributed by atoms with Gasteiger partial charge < -0.3 is 14.8 Å². The van der Waals surface area contributed by atoms with Crippen LogP contribution in [-0.2, 0) is 14.3 Å². The molecule has 4 nitrogen and oxygen atoms in total. The predicted molar refractivity (Wildman–Crippen MR) is 103 cm³/mol. The van der Waals surface area contributed by atoms with Crippen LogP contribution >= 0.6 is 0 Å². The van der Waals surface area contributed by atoms with Crippen LogP contribution in [0.25, 0.3) is 0 Å². The zero-order chi connectivity index (χ0) is 18.2. The van der Waals surface area contributed by atoms with E-state index >= 15 is 0 Å². The van der Waals surface area contributed by atoms with Crippen LogP contribution in [-0.4, -0.2) is 38.9 Å². The first-order chi connectivity index (χ1) is 11.3. The Hall–Kier alpha value is -0.610. The molecule has 0 aliphatic heterocycles. The fourth-order valence-corrected chi connectivity index (χ4v) is 1.71. The lowest BCUT2D eigenvalue weighted by atomic mass is 10.1. The summed E-state index contributed by atoms with van der Waals surface area (Å²) in [4.78, 5) is 11.5. The average molecular weight is 336 g/mol. The van der Waals surface area contributed by atoms with Gasteiger partial charge in [-0.2, -0.15) is 0 Å². The Balaban J connectivity index is -0.000000369. The van der Waals surface area contributed by atoms with Crippen molar-refractivity contribution in [3.63, 3.8) is 0 Å². The molecular weight excluding hydrogens is 290 g/mol. The topological polar surface area (TPSA) is 47.6 Å². The zero-order valence-corrected chi connectivity index (χ0v) is 16.7. The molecule has 0 atom stereocenters. The Kier molecular flexibility index (Phi) is 34.8. The van der Waals surface area contributed by atoms with Crippen molar-refractivity contribution >= 4 is 5.91 Å².